The fourth-order valence-electron chi connectivity index (χ4n) is 2.33. The second-order valence-corrected chi connectivity index (χ2v) is 3.91. The second kappa shape index (κ2) is 3.17. The number of fused-ring (bicyclic) bond motifs is 1. The minimum Gasteiger partial charge on any atom is -0.375 e. The van der Waals surface area contributed by atoms with Crippen molar-refractivity contribution in [1.82, 2.24) is 0 Å². The van der Waals surface area contributed by atoms with Gasteiger partial charge in [0.1, 0.15) is 6.17 Å². The molecule has 2 fully saturated rings. The molecule has 3 unspecified atom stereocenters. The summed E-state index contributed by atoms with van der Waals surface area (Å²) in [6.45, 7) is 4.60. The first-order valence-electron chi connectivity index (χ1n) is 4.69. The van der Waals surface area contributed by atoms with Crippen molar-refractivity contribution in [2.45, 2.75) is 38.0 Å². The van der Waals surface area contributed by atoms with Gasteiger partial charge in [-0.05, 0) is 25.2 Å². The maximum absolute atomic E-state index is 13.4. The molecule has 3 atom stereocenters. The first kappa shape index (κ1) is 8.24. The van der Waals surface area contributed by atoms with Crippen LogP contribution in [-0.4, -0.2) is 18.9 Å². The van der Waals surface area contributed by atoms with Gasteiger partial charge < -0.3 is 4.74 Å². The Bertz CT molecular complexity index is 190. The van der Waals surface area contributed by atoms with Gasteiger partial charge in [0.25, 0.3) is 0 Å². The van der Waals surface area contributed by atoms with Gasteiger partial charge in [0.05, 0.1) is 6.10 Å². The van der Waals surface area contributed by atoms with E-state index in [1.807, 2.05) is 0 Å². The van der Waals surface area contributed by atoms with Crippen LogP contribution in [0.25, 0.3) is 0 Å². The van der Waals surface area contributed by atoms with Crippen LogP contribution in [0.5, 0.6) is 0 Å². The number of hydrogen-bond acceptors (Lipinski definition) is 1. The van der Waals surface area contributed by atoms with Crippen molar-refractivity contribution < 1.29 is 9.13 Å². The van der Waals surface area contributed by atoms with Crippen LogP contribution in [0.4, 0.5) is 4.39 Å². The Labute approximate surface area is 72.6 Å². The van der Waals surface area contributed by atoms with E-state index in [4.69, 9.17) is 4.74 Å². The Kier molecular flexibility index (Phi) is 2.18. The van der Waals surface area contributed by atoms with Crippen molar-refractivity contribution in [3.63, 3.8) is 0 Å². The molecule has 0 bridgehead atoms. The van der Waals surface area contributed by atoms with Crippen molar-refractivity contribution in [3.05, 3.63) is 12.2 Å². The minimum absolute atomic E-state index is 0.121. The van der Waals surface area contributed by atoms with Crippen LogP contribution in [0.1, 0.15) is 25.7 Å². The summed E-state index contributed by atoms with van der Waals surface area (Å²) in [4.78, 5) is 0. The molecule has 12 heavy (non-hydrogen) atoms. The lowest BCUT2D eigenvalue weighted by Gasteiger charge is -2.38. The topological polar surface area (TPSA) is 9.23 Å². The van der Waals surface area contributed by atoms with Gasteiger partial charge in [0.15, 0.2) is 0 Å². The van der Waals surface area contributed by atoms with Gasteiger partial charge in [0, 0.05) is 13.0 Å². The third-order valence-corrected chi connectivity index (χ3v) is 2.89. The maximum Gasteiger partial charge on any atom is 0.130 e. The van der Waals surface area contributed by atoms with Crippen LogP contribution < -0.4 is 0 Å². The van der Waals surface area contributed by atoms with Crippen LogP contribution in [0.15, 0.2) is 12.2 Å². The van der Waals surface area contributed by atoms with Crippen LogP contribution in [0.3, 0.4) is 0 Å². The zero-order valence-electron chi connectivity index (χ0n) is 7.26. The molecule has 0 aromatic carbocycles. The molecule has 68 valence electrons. The molecule has 2 rings (SSSR count). The summed E-state index contributed by atoms with van der Waals surface area (Å²) in [6.07, 6.45) is 2.78. The molecular formula is C10H15FO. The van der Waals surface area contributed by atoms with Crippen molar-refractivity contribution >= 4 is 0 Å². The average Bonchev–Trinajstić information content (AvgIpc) is 2.04. The summed E-state index contributed by atoms with van der Waals surface area (Å²) in [5.74, 6) is 0.412. The fourth-order valence-corrected chi connectivity index (χ4v) is 2.33. The Morgan fingerprint density at radius 2 is 2.25 bits per heavy atom. The van der Waals surface area contributed by atoms with E-state index >= 15 is 0 Å². The number of rotatable bonds is 0. The number of halogens is 1. The quantitative estimate of drug-likeness (QED) is 0.507. The molecule has 0 aromatic rings. The summed E-state index contributed by atoms with van der Waals surface area (Å²) < 4.78 is 18.8. The number of ether oxygens (including phenoxy) is 1. The summed E-state index contributed by atoms with van der Waals surface area (Å²) in [5, 5.41) is 0. The van der Waals surface area contributed by atoms with E-state index in [0.29, 0.717) is 12.3 Å². The minimum atomic E-state index is -0.795. The summed E-state index contributed by atoms with van der Waals surface area (Å²) in [6, 6.07) is 0. The van der Waals surface area contributed by atoms with E-state index in [9.17, 15) is 4.39 Å². The summed E-state index contributed by atoms with van der Waals surface area (Å²) in [7, 11) is 0. The van der Waals surface area contributed by atoms with E-state index in [-0.39, 0.29) is 6.10 Å². The SMILES string of the molecule is C=C1CC(F)C2OCCCC2C1. The zero-order valence-corrected chi connectivity index (χ0v) is 7.26. The Balaban J connectivity index is 2.06. The normalized spacial score (nSPS) is 42.4. The lowest BCUT2D eigenvalue weighted by atomic mass is 9.79. The van der Waals surface area contributed by atoms with Crippen molar-refractivity contribution in [2.75, 3.05) is 6.61 Å². The van der Waals surface area contributed by atoms with Gasteiger partial charge in [-0.15, -0.1) is 0 Å². The van der Waals surface area contributed by atoms with Crippen molar-refractivity contribution in [2.24, 2.45) is 5.92 Å². The number of alkyl halides is 1. The van der Waals surface area contributed by atoms with Gasteiger partial charge in [-0.25, -0.2) is 4.39 Å². The standard InChI is InChI=1S/C10H15FO/c1-7-5-8-3-2-4-12-10(8)9(11)6-7/h8-10H,1-6H2. The van der Waals surface area contributed by atoms with Crippen molar-refractivity contribution in [1.29, 1.82) is 0 Å². The molecule has 0 amide bonds. The smallest absolute Gasteiger partial charge is 0.130 e. The molecule has 0 spiro atoms. The highest BCUT2D eigenvalue weighted by Crippen LogP contribution is 2.37. The largest absolute Gasteiger partial charge is 0.375 e. The van der Waals surface area contributed by atoms with Gasteiger partial charge in [-0.1, -0.05) is 12.2 Å². The molecule has 1 aliphatic heterocycles. The van der Waals surface area contributed by atoms with Crippen LogP contribution in [0, 0.1) is 5.92 Å². The van der Waals surface area contributed by atoms with Crippen LogP contribution in [0.2, 0.25) is 0 Å². The molecule has 1 saturated carbocycles. The molecular weight excluding hydrogens is 155 g/mol. The summed E-state index contributed by atoms with van der Waals surface area (Å²) >= 11 is 0. The van der Waals surface area contributed by atoms with Crippen LogP contribution in [-0.2, 0) is 4.74 Å². The molecule has 0 radical (unpaired) electrons. The highest BCUT2D eigenvalue weighted by molar-refractivity contribution is 5.06. The lowest BCUT2D eigenvalue weighted by Crippen LogP contribution is -2.41. The van der Waals surface area contributed by atoms with Gasteiger partial charge >= 0.3 is 0 Å². The zero-order chi connectivity index (χ0) is 8.55. The van der Waals surface area contributed by atoms with Crippen molar-refractivity contribution in [3.8, 4) is 0 Å². The third kappa shape index (κ3) is 1.40. The first-order chi connectivity index (χ1) is 5.77. The van der Waals surface area contributed by atoms with Gasteiger partial charge in [-0.2, -0.15) is 0 Å². The monoisotopic (exact) mass is 170 g/mol. The van der Waals surface area contributed by atoms with E-state index in [1.165, 1.54) is 0 Å². The Morgan fingerprint density at radius 1 is 1.42 bits per heavy atom. The van der Waals surface area contributed by atoms with E-state index in [0.717, 1.165) is 31.4 Å². The predicted molar refractivity (Wildman–Crippen MR) is 45.7 cm³/mol. The molecule has 1 saturated heterocycles. The number of allylic oxidation sites excluding steroid dienone is 1. The van der Waals surface area contributed by atoms with Gasteiger partial charge in [0.2, 0.25) is 0 Å². The maximum atomic E-state index is 13.4. The first-order valence-corrected chi connectivity index (χ1v) is 4.69. The molecule has 0 N–H and O–H groups in total. The average molecular weight is 170 g/mol. The third-order valence-electron chi connectivity index (χ3n) is 2.89. The highest BCUT2D eigenvalue weighted by Gasteiger charge is 2.37. The molecule has 1 nitrogen and oxygen atoms in total. The van der Waals surface area contributed by atoms with E-state index in [1.54, 1.807) is 0 Å². The molecule has 1 aliphatic carbocycles. The number of hydrogen-bond donors (Lipinski definition) is 0. The predicted octanol–water partition coefficient (Wildman–Crippen LogP) is 2.47. The molecule has 2 aliphatic rings. The Hall–Kier alpha value is -0.370. The molecule has 1 heterocycles. The van der Waals surface area contributed by atoms with Gasteiger partial charge in [-0.3, -0.25) is 0 Å². The van der Waals surface area contributed by atoms with E-state index in [2.05, 4.69) is 6.58 Å². The summed E-state index contributed by atoms with van der Waals surface area (Å²) in [5.41, 5.74) is 1.06. The molecule has 0 aromatic heterocycles. The fraction of sp³-hybridized carbons (Fsp3) is 0.800. The molecule has 2 heteroatoms. The van der Waals surface area contributed by atoms with Crippen LogP contribution >= 0.6 is 0 Å². The lowest BCUT2D eigenvalue weighted by molar-refractivity contribution is -0.0787. The second-order valence-electron chi connectivity index (χ2n) is 3.91. The highest BCUT2D eigenvalue weighted by atomic mass is 19.1. The Morgan fingerprint density at radius 3 is 3.08 bits per heavy atom. The van der Waals surface area contributed by atoms with E-state index < -0.39 is 6.17 Å².